The monoisotopic (exact) mass is 210 g/mol. The van der Waals surface area contributed by atoms with Gasteiger partial charge in [-0.3, -0.25) is 4.68 Å². The Morgan fingerprint density at radius 3 is 2.40 bits per heavy atom. The fraction of sp³-hybridized carbons (Fsp3) is 0.750. The molecule has 1 N–H and O–H groups in total. The molecule has 3 heteroatoms. The Hall–Kier alpha value is -0.830. The molecule has 1 aromatic heterocycles. The van der Waals surface area contributed by atoms with Crippen molar-refractivity contribution in [2.24, 2.45) is 5.92 Å². The fourth-order valence-corrected chi connectivity index (χ4v) is 1.70. The lowest BCUT2D eigenvalue weighted by Crippen LogP contribution is -2.26. The van der Waals surface area contributed by atoms with Crippen molar-refractivity contribution in [2.45, 2.75) is 53.2 Å². The summed E-state index contributed by atoms with van der Waals surface area (Å²) in [5, 5.41) is 13.5. The molecule has 0 aromatic carbocycles. The van der Waals surface area contributed by atoms with Crippen molar-refractivity contribution in [3.63, 3.8) is 0 Å². The molecule has 0 bridgehead atoms. The van der Waals surface area contributed by atoms with Gasteiger partial charge in [0.1, 0.15) is 0 Å². The largest absolute Gasteiger partial charge is 0.390 e. The van der Waals surface area contributed by atoms with Crippen LogP contribution in [0.15, 0.2) is 6.07 Å². The van der Waals surface area contributed by atoms with Crippen molar-refractivity contribution in [3.8, 4) is 0 Å². The minimum absolute atomic E-state index is 0.0162. The number of aliphatic hydroxyl groups is 1. The molecule has 86 valence electrons. The van der Waals surface area contributed by atoms with Crippen LogP contribution in [0.5, 0.6) is 0 Å². The van der Waals surface area contributed by atoms with Crippen LogP contribution in [0.25, 0.3) is 0 Å². The Morgan fingerprint density at radius 2 is 2.00 bits per heavy atom. The van der Waals surface area contributed by atoms with Crippen LogP contribution in [0.3, 0.4) is 0 Å². The summed E-state index contributed by atoms with van der Waals surface area (Å²) in [5.74, 6) is 0.606. The van der Waals surface area contributed by atoms with E-state index in [0.717, 1.165) is 12.1 Å². The van der Waals surface area contributed by atoms with Gasteiger partial charge in [0.15, 0.2) is 0 Å². The predicted octanol–water partition coefficient (Wildman–Crippen LogP) is 2.33. The summed E-state index contributed by atoms with van der Waals surface area (Å²) < 4.78 is 2.03. The SMILES string of the molecule is CC(C)Cc1cc(CO)nn1C(C)(C)C. The van der Waals surface area contributed by atoms with Crippen LogP contribution in [0.1, 0.15) is 46.0 Å². The first kappa shape index (κ1) is 12.2. The van der Waals surface area contributed by atoms with Crippen LogP contribution in [0, 0.1) is 5.92 Å². The van der Waals surface area contributed by atoms with Crippen LogP contribution >= 0.6 is 0 Å². The first-order chi connectivity index (χ1) is 6.84. The normalized spacial score (nSPS) is 12.5. The third-order valence-electron chi connectivity index (χ3n) is 2.25. The van der Waals surface area contributed by atoms with Gasteiger partial charge in [-0.25, -0.2) is 0 Å². The van der Waals surface area contributed by atoms with E-state index < -0.39 is 0 Å². The van der Waals surface area contributed by atoms with Gasteiger partial charge < -0.3 is 5.11 Å². The molecular weight excluding hydrogens is 188 g/mol. The second-order valence-corrected chi connectivity index (χ2v) is 5.47. The van der Waals surface area contributed by atoms with Crippen LogP contribution < -0.4 is 0 Å². The fourth-order valence-electron chi connectivity index (χ4n) is 1.70. The van der Waals surface area contributed by atoms with Crippen molar-refractivity contribution in [2.75, 3.05) is 0 Å². The summed E-state index contributed by atoms with van der Waals surface area (Å²) in [6.07, 6.45) is 1.00. The first-order valence-corrected chi connectivity index (χ1v) is 5.53. The van der Waals surface area contributed by atoms with Gasteiger partial charge in [0.2, 0.25) is 0 Å². The Bertz CT molecular complexity index is 321. The highest BCUT2D eigenvalue weighted by Crippen LogP contribution is 2.19. The van der Waals surface area contributed by atoms with Crippen LogP contribution in [0.2, 0.25) is 0 Å². The first-order valence-electron chi connectivity index (χ1n) is 5.53. The van der Waals surface area contributed by atoms with E-state index in [4.69, 9.17) is 5.11 Å². The molecule has 0 saturated heterocycles. The quantitative estimate of drug-likeness (QED) is 0.831. The topological polar surface area (TPSA) is 38.1 Å². The maximum absolute atomic E-state index is 9.10. The molecule has 0 spiro atoms. The zero-order chi connectivity index (χ0) is 11.6. The van der Waals surface area contributed by atoms with Gasteiger partial charge in [-0.1, -0.05) is 13.8 Å². The molecule has 0 atom stereocenters. The van der Waals surface area contributed by atoms with Gasteiger partial charge in [-0.05, 0) is 39.2 Å². The molecule has 1 rings (SSSR count). The molecule has 0 radical (unpaired) electrons. The molecule has 0 fully saturated rings. The maximum Gasteiger partial charge on any atom is 0.0882 e. The highest BCUT2D eigenvalue weighted by molar-refractivity contribution is 5.12. The maximum atomic E-state index is 9.10. The number of hydrogen-bond acceptors (Lipinski definition) is 2. The summed E-state index contributed by atoms with van der Waals surface area (Å²) in [6.45, 7) is 10.8. The van der Waals surface area contributed by atoms with Crippen molar-refractivity contribution in [1.82, 2.24) is 9.78 Å². The van der Waals surface area contributed by atoms with E-state index in [0.29, 0.717) is 5.92 Å². The molecule has 3 nitrogen and oxygen atoms in total. The highest BCUT2D eigenvalue weighted by Gasteiger charge is 2.19. The van der Waals surface area contributed by atoms with Gasteiger partial charge in [-0.2, -0.15) is 5.10 Å². The number of rotatable bonds is 3. The predicted molar refractivity (Wildman–Crippen MR) is 61.7 cm³/mol. The van der Waals surface area contributed by atoms with Gasteiger partial charge in [0.25, 0.3) is 0 Å². The minimum Gasteiger partial charge on any atom is -0.390 e. The zero-order valence-corrected chi connectivity index (χ0v) is 10.4. The lowest BCUT2D eigenvalue weighted by Gasteiger charge is -2.23. The molecule has 0 saturated carbocycles. The van der Waals surface area contributed by atoms with E-state index in [9.17, 15) is 0 Å². The summed E-state index contributed by atoms with van der Waals surface area (Å²) in [4.78, 5) is 0. The van der Waals surface area contributed by atoms with Gasteiger partial charge in [-0.15, -0.1) is 0 Å². The summed E-state index contributed by atoms with van der Waals surface area (Å²) in [6, 6.07) is 2.01. The van der Waals surface area contributed by atoms with E-state index >= 15 is 0 Å². The van der Waals surface area contributed by atoms with Gasteiger partial charge in [0, 0.05) is 5.69 Å². The van der Waals surface area contributed by atoms with E-state index in [1.165, 1.54) is 5.69 Å². The molecular formula is C12H22N2O. The molecule has 0 amide bonds. The van der Waals surface area contributed by atoms with Crippen LogP contribution in [0.4, 0.5) is 0 Å². The zero-order valence-electron chi connectivity index (χ0n) is 10.4. The van der Waals surface area contributed by atoms with Gasteiger partial charge in [0.05, 0.1) is 17.8 Å². The van der Waals surface area contributed by atoms with Crippen LogP contribution in [-0.4, -0.2) is 14.9 Å². The summed E-state index contributed by atoms with van der Waals surface area (Å²) in [5.41, 5.74) is 1.96. The Morgan fingerprint density at radius 1 is 1.40 bits per heavy atom. The molecule has 0 aliphatic carbocycles. The Labute approximate surface area is 92.1 Å². The second-order valence-electron chi connectivity index (χ2n) is 5.47. The second kappa shape index (κ2) is 4.35. The van der Waals surface area contributed by atoms with Crippen molar-refractivity contribution in [1.29, 1.82) is 0 Å². The van der Waals surface area contributed by atoms with Crippen molar-refractivity contribution >= 4 is 0 Å². The van der Waals surface area contributed by atoms with Crippen molar-refractivity contribution < 1.29 is 5.11 Å². The standard InChI is InChI=1S/C12H22N2O/c1-9(2)6-11-7-10(8-15)13-14(11)12(3,4)5/h7,9,15H,6,8H2,1-5H3. The molecule has 0 aliphatic rings. The molecule has 0 aliphatic heterocycles. The van der Waals surface area contributed by atoms with E-state index in [1.54, 1.807) is 0 Å². The number of aromatic nitrogens is 2. The third-order valence-corrected chi connectivity index (χ3v) is 2.25. The number of aliphatic hydroxyl groups excluding tert-OH is 1. The number of nitrogens with zero attached hydrogens (tertiary/aromatic N) is 2. The molecule has 0 unspecified atom stereocenters. The van der Waals surface area contributed by atoms with Gasteiger partial charge >= 0.3 is 0 Å². The summed E-state index contributed by atoms with van der Waals surface area (Å²) in [7, 11) is 0. The average molecular weight is 210 g/mol. The minimum atomic E-state index is -0.0162. The smallest absolute Gasteiger partial charge is 0.0882 e. The summed E-state index contributed by atoms with van der Waals surface area (Å²) >= 11 is 0. The van der Waals surface area contributed by atoms with E-state index in [2.05, 4.69) is 39.7 Å². The lowest BCUT2D eigenvalue weighted by molar-refractivity contribution is 0.269. The third kappa shape index (κ3) is 3.06. The Kier molecular flexibility index (Phi) is 3.55. The lowest BCUT2D eigenvalue weighted by atomic mass is 10.0. The average Bonchev–Trinajstić information content (AvgIpc) is 2.45. The molecule has 1 aromatic rings. The van der Waals surface area contributed by atoms with Crippen molar-refractivity contribution in [3.05, 3.63) is 17.5 Å². The number of hydrogen-bond donors (Lipinski definition) is 1. The molecule has 15 heavy (non-hydrogen) atoms. The van der Waals surface area contributed by atoms with E-state index in [1.807, 2.05) is 10.7 Å². The molecule has 1 heterocycles. The van der Waals surface area contributed by atoms with Crippen LogP contribution in [-0.2, 0) is 18.6 Å². The van der Waals surface area contributed by atoms with E-state index in [-0.39, 0.29) is 12.1 Å². The Balaban J connectivity index is 3.06. The highest BCUT2D eigenvalue weighted by atomic mass is 16.3.